The van der Waals surface area contributed by atoms with Gasteiger partial charge in [-0.15, -0.1) is 0 Å². The van der Waals surface area contributed by atoms with E-state index < -0.39 is 0 Å². The molecule has 0 atom stereocenters. The van der Waals surface area contributed by atoms with E-state index in [1.807, 2.05) is 0 Å². The van der Waals surface area contributed by atoms with E-state index in [1.165, 1.54) is 7.11 Å². The van der Waals surface area contributed by atoms with Crippen molar-refractivity contribution in [1.29, 1.82) is 0 Å². The molecule has 0 fully saturated rings. The normalized spacial score (nSPS) is 10.2. The fraction of sp³-hybridized carbons (Fsp3) is 0.188. The third kappa shape index (κ3) is 4.06. The zero-order chi connectivity index (χ0) is 16.1. The zero-order valence-electron chi connectivity index (χ0n) is 12.2. The Bertz CT molecular complexity index is 632. The number of anilines is 1. The summed E-state index contributed by atoms with van der Waals surface area (Å²) in [6, 6.07) is 10.2. The van der Waals surface area contributed by atoms with Gasteiger partial charge in [0, 0.05) is 15.6 Å². The minimum Gasteiger partial charge on any atom is -0.496 e. The van der Waals surface area contributed by atoms with E-state index in [0.29, 0.717) is 32.8 Å². The van der Waals surface area contributed by atoms with Gasteiger partial charge in [-0.3, -0.25) is 4.79 Å². The minimum absolute atomic E-state index is 0.124. The molecule has 0 aliphatic carbocycles. The summed E-state index contributed by atoms with van der Waals surface area (Å²) in [6.45, 7) is 0. The van der Waals surface area contributed by atoms with Crippen molar-refractivity contribution in [2.75, 3.05) is 19.5 Å². The molecule has 22 heavy (non-hydrogen) atoms. The Kier molecular flexibility index (Phi) is 5.52. The second-order valence-electron chi connectivity index (χ2n) is 4.53. The first-order chi connectivity index (χ1) is 10.5. The predicted molar refractivity (Wildman–Crippen MR) is 88.3 cm³/mol. The molecule has 0 saturated heterocycles. The molecule has 0 saturated carbocycles. The van der Waals surface area contributed by atoms with E-state index in [0.717, 1.165) is 0 Å². The minimum atomic E-state index is -0.221. The Balaban J connectivity index is 2.17. The molecule has 0 aliphatic rings. The van der Waals surface area contributed by atoms with Crippen LogP contribution in [0.4, 0.5) is 5.69 Å². The molecule has 6 heteroatoms. The molecule has 0 spiro atoms. The van der Waals surface area contributed by atoms with Crippen molar-refractivity contribution in [1.82, 2.24) is 0 Å². The molecule has 2 aromatic rings. The highest BCUT2D eigenvalue weighted by atomic mass is 35.5. The Morgan fingerprint density at radius 1 is 1.00 bits per heavy atom. The van der Waals surface area contributed by atoms with Gasteiger partial charge in [0.1, 0.15) is 11.5 Å². The number of carbonyl (C=O) groups is 1. The number of nitrogens with one attached hydrogen (secondary N) is 1. The van der Waals surface area contributed by atoms with Crippen LogP contribution in [0.2, 0.25) is 10.0 Å². The molecular formula is C16H15Cl2NO3. The average molecular weight is 340 g/mol. The first kappa shape index (κ1) is 16.5. The lowest BCUT2D eigenvalue weighted by Crippen LogP contribution is -2.15. The van der Waals surface area contributed by atoms with E-state index in [1.54, 1.807) is 43.5 Å². The lowest BCUT2D eigenvalue weighted by Gasteiger charge is -2.12. The van der Waals surface area contributed by atoms with Crippen LogP contribution in [-0.4, -0.2) is 20.1 Å². The standard InChI is InChI=1S/C16H15Cl2NO3/c1-21-14-5-3-11(17)7-10(14)8-16(20)19-13-9-12(18)4-6-15(13)22-2/h3-7,9H,8H2,1-2H3,(H,19,20). The van der Waals surface area contributed by atoms with Gasteiger partial charge in [0.05, 0.1) is 26.3 Å². The summed E-state index contributed by atoms with van der Waals surface area (Å²) in [5.74, 6) is 0.926. The molecule has 1 amide bonds. The quantitative estimate of drug-likeness (QED) is 0.888. The van der Waals surface area contributed by atoms with Crippen molar-refractivity contribution in [3.8, 4) is 11.5 Å². The first-order valence-corrected chi connectivity index (χ1v) is 7.25. The Morgan fingerprint density at radius 2 is 1.59 bits per heavy atom. The molecule has 1 N–H and O–H groups in total. The largest absolute Gasteiger partial charge is 0.496 e. The molecule has 0 aromatic heterocycles. The molecule has 0 heterocycles. The fourth-order valence-corrected chi connectivity index (χ4v) is 2.40. The van der Waals surface area contributed by atoms with Gasteiger partial charge in [0.15, 0.2) is 0 Å². The van der Waals surface area contributed by atoms with Crippen molar-refractivity contribution in [2.45, 2.75) is 6.42 Å². The summed E-state index contributed by atoms with van der Waals surface area (Å²) in [5.41, 5.74) is 1.22. The summed E-state index contributed by atoms with van der Waals surface area (Å²) in [6.07, 6.45) is 0.124. The second kappa shape index (κ2) is 7.38. The summed E-state index contributed by atoms with van der Waals surface area (Å²) >= 11 is 11.9. The van der Waals surface area contributed by atoms with Crippen LogP contribution in [0, 0.1) is 0 Å². The van der Waals surface area contributed by atoms with Crippen molar-refractivity contribution < 1.29 is 14.3 Å². The molecule has 2 aromatic carbocycles. The number of halogens is 2. The number of rotatable bonds is 5. The first-order valence-electron chi connectivity index (χ1n) is 6.49. The van der Waals surface area contributed by atoms with Crippen LogP contribution in [0.3, 0.4) is 0 Å². The molecule has 116 valence electrons. The van der Waals surface area contributed by atoms with Crippen molar-refractivity contribution >= 4 is 34.8 Å². The van der Waals surface area contributed by atoms with Gasteiger partial charge in [-0.05, 0) is 36.4 Å². The van der Waals surface area contributed by atoms with Gasteiger partial charge in [0.2, 0.25) is 5.91 Å². The Labute approximate surface area is 138 Å². The maximum Gasteiger partial charge on any atom is 0.229 e. The summed E-state index contributed by atoms with van der Waals surface area (Å²) in [5, 5.41) is 3.83. The van der Waals surface area contributed by atoms with Crippen molar-refractivity contribution in [3.05, 3.63) is 52.0 Å². The van der Waals surface area contributed by atoms with E-state index in [2.05, 4.69) is 5.32 Å². The molecule has 0 radical (unpaired) electrons. The number of ether oxygens (including phenoxy) is 2. The Hall–Kier alpha value is -1.91. The van der Waals surface area contributed by atoms with Gasteiger partial charge < -0.3 is 14.8 Å². The summed E-state index contributed by atoms with van der Waals surface area (Å²) in [4.78, 5) is 12.2. The van der Waals surface area contributed by atoms with Gasteiger partial charge in [-0.25, -0.2) is 0 Å². The molecule has 2 rings (SSSR count). The average Bonchev–Trinajstić information content (AvgIpc) is 2.47. The highest BCUT2D eigenvalue weighted by molar-refractivity contribution is 6.31. The van der Waals surface area contributed by atoms with Crippen molar-refractivity contribution in [3.63, 3.8) is 0 Å². The highest BCUT2D eigenvalue weighted by Gasteiger charge is 2.12. The van der Waals surface area contributed by atoms with Gasteiger partial charge >= 0.3 is 0 Å². The van der Waals surface area contributed by atoms with Crippen LogP contribution < -0.4 is 14.8 Å². The second-order valence-corrected chi connectivity index (χ2v) is 5.40. The number of amides is 1. The number of hydrogen-bond donors (Lipinski definition) is 1. The van der Waals surface area contributed by atoms with E-state index in [-0.39, 0.29) is 12.3 Å². The van der Waals surface area contributed by atoms with E-state index in [9.17, 15) is 4.79 Å². The SMILES string of the molecule is COc1ccc(Cl)cc1CC(=O)Nc1cc(Cl)ccc1OC. The molecule has 0 bridgehead atoms. The number of benzene rings is 2. The maximum absolute atomic E-state index is 12.2. The number of methoxy groups -OCH3 is 2. The topological polar surface area (TPSA) is 47.6 Å². The van der Waals surface area contributed by atoms with Gasteiger partial charge in [-0.1, -0.05) is 23.2 Å². The molecule has 0 unspecified atom stereocenters. The van der Waals surface area contributed by atoms with Crippen LogP contribution >= 0.6 is 23.2 Å². The van der Waals surface area contributed by atoms with Gasteiger partial charge in [-0.2, -0.15) is 0 Å². The lowest BCUT2D eigenvalue weighted by atomic mass is 10.1. The smallest absolute Gasteiger partial charge is 0.229 e. The number of hydrogen-bond acceptors (Lipinski definition) is 3. The lowest BCUT2D eigenvalue weighted by molar-refractivity contribution is -0.115. The monoisotopic (exact) mass is 339 g/mol. The summed E-state index contributed by atoms with van der Waals surface area (Å²) in [7, 11) is 3.07. The number of carbonyl (C=O) groups excluding carboxylic acids is 1. The van der Waals surface area contributed by atoms with Crippen LogP contribution in [0.5, 0.6) is 11.5 Å². The zero-order valence-corrected chi connectivity index (χ0v) is 13.7. The van der Waals surface area contributed by atoms with Gasteiger partial charge in [0.25, 0.3) is 0 Å². The van der Waals surface area contributed by atoms with Crippen LogP contribution in [0.15, 0.2) is 36.4 Å². The highest BCUT2D eigenvalue weighted by Crippen LogP contribution is 2.28. The van der Waals surface area contributed by atoms with Crippen LogP contribution in [-0.2, 0) is 11.2 Å². The third-order valence-electron chi connectivity index (χ3n) is 3.03. The van der Waals surface area contributed by atoms with Crippen LogP contribution in [0.25, 0.3) is 0 Å². The Morgan fingerprint density at radius 3 is 2.23 bits per heavy atom. The van der Waals surface area contributed by atoms with E-state index in [4.69, 9.17) is 32.7 Å². The van der Waals surface area contributed by atoms with E-state index >= 15 is 0 Å². The molecule has 0 aliphatic heterocycles. The molecular weight excluding hydrogens is 325 g/mol. The van der Waals surface area contributed by atoms with Crippen LogP contribution in [0.1, 0.15) is 5.56 Å². The predicted octanol–water partition coefficient (Wildman–Crippen LogP) is 4.19. The van der Waals surface area contributed by atoms with Crippen molar-refractivity contribution in [2.24, 2.45) is 0 Å². The fourth-order valence-electron chi connectivity index (χ4n) is 2.03. The summed E-state index contributed by atoms with van der Waals surface area (Å²) < 4.78 is 10.4. The maximum atomic E-state index is 12.2. The molecule has 4 nitrogen and oxygen atoms in total. The third-order valence-corrected chi connectivity index (χ3v) is 3.50.